The Hall–Kier alpha value is -4.55. The van der Waals surface area contributed by atoms with Crippen molar-refractivity contribution in [1.29, 1.82) is 0 Å². The van der Waals surface area contributed by atoms with Gasteiger partial charge in [-0.15, -0.1) is 0 Å². The minimum atomic E-state index is -2.00. The van der Waals surface area contributed by atoms with Crippen molar-refractivity contribution >= 4 is 29.8 Å². The number of ether oxygens (including phenoxy) is 5. The zero-order valence-electron chi connectivity index (χ0n) is 35.5. The van der Waals surface area contributed by atoms with Crippen molar-refractivity contribution in [2.45, 2.75) is 130 Å². The Kier molecular flexibility index (Phi) is 11.3. The summed E-state index contributed by atoms with van der Waals surface area (Å²) in [6.45, 7) is 19.1. The predicted octanol–water partition coefficient (Wildman–Crippen LogP) is 7.09. The Morgan fingerprint density at radius 2 is 1.55 bits per heavy atom. The van der Waals surface area contributed by atoms with Gasteiger partial charge >= 0.3 is 24.0 Å². The normalized spacial score (nSPS) is 33.7. The third-order valence-electron chi connectivity index (χ3n) is 13.6. The fourth-order valence-corrected chi connectivity index (χ4v) is 10.5. The number of alkyl carbamates (subject to hydrolysis) is 1. The molecule has 3 fully saturated rings. The van der Waals surface area contributed by atoms with E-state index in [2.05, 4.69) is 5.32 Å². The van der Waals surface area contributed by atoms with Gasteiger partial charge in [0.25, 0.3) is 0 Å². The summed E-state index contributed by atoms with van der Waals surface area (Å²) in [6.07, 6.45) is -3.71. The Balaban J connectivity index is 1.49. The average molecular weight is 802 g/mol. The summed E-state index contributed by atoms with van der Waals surface area (Å²) in [6, 6.07) is 16.5. The first-order valence-corrected chi connectivity index (χ1v) is 20.3. The lowest BCUT2D eigenvalue weighted by Crippen LogP contribution is -2.80. The van der Waals surface area contributed by atoms with Crippen LogP contribution in [0, 0.1) is 34.5 Å². The number of Topliss-reactive ketones (excluding diaryl/α,β-unsaturated/α-hetero) is 1. The van der Waals surface area contributed by atoms with Crippen molar-refractivity contribution in [1.82, 2.24) is 5.32 Å². The van der Waals surface area contributed by atoms with E-state index in [4.69, 9.17) is 23.7 Å². The number of aliphatic hydroxyl groups is 1. The molecule has 1 aliphatic heterocycles. The minimum absolute atomic E-state index is 0.0645. The quantitative estimate of drug-likeness (QED) is 0.159. The number of ketones is 1. The summed E-state index contributed by atoms with van der Waals surface area (Å²) in [5.41, 5.74) is -4.68. The van der Waals surface area contributed by atoms with Gasteiger partial charge < -0.3 is 34.1 Å². The van der Waals surface area contributed by atoms with Gasteiger partial charge in [0.15, 0.2) is 5.60 Å². The third kappa shape index (κ3) is 7.14. The highest BCUT2D eigenvalue weighted by Gasteiger charge is 2.77. The zero-order chi connectivity index (χ0) is 42.7. The smallest absolute Gasteiger partial charge is 0.408 e. The maximum absolute atomic E-state index is 15.4. The molecule has 0 radical (unpaired) electrons. The summed E-state index contributed by atoms with van der Waals surface area (Å²) >= 11 is 0. The van der Waals surface area contributed by atoms with E-state index in [1.807, 2.05) is 40.7 Å². The molecule has 1 heterocycles. The van der Waals surface area contributed by atoms with Crippen LogP contribution in [0.4, 0.5) is 4.79 Å². The summed E-state index contributed by atoms with van der Waals surface area (Å²) in [5.74, 6) is -5.32. The molecular weight excluding hydrogens is 743 g/mol. The van der Waals surface area contributed by atoms with Crippen LogP contribution >= 0.6 is 0 Å². The number of hydrogen-bond acceptors (Lipinski definition) is 11. The molecule has 2 aromatic rings. The molecule has 4 aliphatic rings. The van der Waals surface area contributed by atoms with E-state index in [-0.39, 0.29) is 30.3 Å². The molecule has 11 atom stereocenters. The lowest BCUT2D eigenvalue weighted by molar-refractivity contribution is -0.339. The highest BCUT2D eigenvalue weighted by atomic mass is 16.6. The Morgan fingerprint density at radius 1 is 0.948 bits per heavy atom. The standard InChI is InChI=1S/C46H59NO11/c1-25-22-33-45(24-54-33,57-29(5)48)36-38(56-40(51)31-20-16-13-17-21-31)46(53)23-32(26(2)34(43(46,9)10)27(3)37(49)44(25,36)11)55-39(50)28(4)35(30-18-14-12-15-19-30)47-41(52)58-42(6,7)8/h12-21,25,27-28,32-33,35-36,38,53H,22-24H2,1-11H3,(H,47,52)/t25-,27+,28+,32-,33+,35+,36-,38-,44+,45-,46+/m0/s1. The highest BCUT2D eigenvalue weighted by molar-refractivity contribution is 5.92. The Bertz CT molecular complexity index is 1970. The summed E-state index contributed by atoms with van der Waals surface area (Å²) < 4.78 is 30.8. The van der Waals surface area contributed by atoms with Gasteiger partial charge in [-0.3, -0.25) is 14.4 Å². The fraction of sp³-hybridized carbons (Fsp3) is 0.587. The Morgan fingerprint density at radius 3 is 2.10 bits per heavy atom. The van der Waals surface area contributed by atoms with Crippen LogP contribution in [0.1, 0.15) is 111 Å². The number of hydrogen-bond donors (Lipinski definition) is 2. The van der Waals surface area contributed by atoms with Crippen LogP contribution in [0.5, 0.6) is 0 Å². The number of rotatable bonds is 8. The molecule has 0 unspecified atom stereocenters. The van der Waals surface area contributed by atoms with Crippen molar-refractivity contribution in [2.75, 3.05) is 6.61 Å². The van der Waals surface area contributed by atoms with Gasteiger partial charge in [0, 0.05) is 30.1 Å². The largest absolute Gasteiger partial charge is 0.457 e. The molecule has 6 rings (SSSR count). The first-order chi connectivity index (χ1) is 27.0. The number of fused-ring (bicyclic) bond motifs is 5. The molecule has 0 aromatic heterocycles. The van der Waals surface area contributed by atoms with Crippen LogP contribution in [0.25, 0.3) is 0 Å². The molecule has 3 aliphatic carbocycles. The Labute approximate surface area is 341 Å². The van der Waals surface area contributed by atoms with Crippen molar-refractivity contribution in [3.05, 3.63) is 82.9 Å². The number of carbonyl (C=O) groups excluding carboxylic acids is 5. The first kappa shape index (κ1) is 43.0. The second kappa shape index (κ2) is 15.2. The van der Waals surface area contributed by atoms with E-state index < -0.39 is 93.7 Å². The number of nitrogens with one attached hydrogen (secondary N) is 1. The minimum Gasteiger partial charge on any atom is -0.457 e. The topological polar surface area (TPSA) is 164 Å². The maximum atomic E-state index is 15.4. The lowest BCUT2D eigenvalue weighted by atomic mass is 9.42. The summed E-state index contributed by atoms with van der Waals surface area (Å²) in [5, 5.41) is 16.5. The van der Waals surface area contributed by atoms with Crippen LogP contribution < -0.4 is 5.32 Å². The lowest BCUT2D eigenvalue weighted by Gasteiger charge is -2.68. The fourth-order valence-electron chi connectivity index (χ4n) is 10.5. The van der Waals surface area contributed by atoms with Crippen LogP contribution in [-0.2, 0) is 38.1 Å². The van der Waals surface area contributed by atoms with Gasteiger partial charge in [0.05, 0.1) is 30.0 Å². The first-order valence-electron chi connectivity index (χ1n) is 20.3. The SMILES string of the molecule is CC(=O)O[C@@]12CO[C@@H]1C[C@H](C)[C@@]1(C)C(=O)[C@H](C)C3=C(C)[C@@H](OC(=O)[C@H](C)[C@@H](NC(=O)OC(C)(C)C)c4ccccc4)C[C@@](O)([C@@H](OC(=O)c4ccccc4)[C@H]21)C3(C)C. The molecular formula is C46H59NO11. The number of carbonyl (C=O) groups is 5. The molecule has 0 spiro atoms. The molecule has 2 saturated carbocycles. The van der Waals surface area contributed by atoms with E-state index in [1.54, 1.807) is 89.2 Å². The molecule has 58 heavy (non-hydrogen) atoms. The van der Waals surface area contributed by atoms with E-state index in [9.17, 15) is 24.3 Å². The van der Waals surface area contributed by atoms with Gasteiger partial charge in [0.1, 0.15) is 35.3 Å². The van der Waals surface area contributed by atoms with Gasteiger partial charge in [0.2, 0.25) is 0 Å². The van der Waals surface area contributed by atoms with Gasteiger partial charge in [-0.1, -0.05) is 83.1 Å². The second-order valence-corrected chi connectivity index (χ2v) is 18.6. The third-order valence-corrected chi connectivity index (χ3v) is 13.6. The molecule has 314 valence electrons. The summed E-state index contributed by atoms with van der Waals surface area (Å²) in [4.78, 5) is 70.1. The maximum Gasteiger partial charge on any atom is 0.408 e. The summed E-state index contributed by atoms with van der Waals surface area (Å²) in [7, 11) is 0. The van der Waals surface area contributed by atoms with Crippen LogP contribution in [-0.4, -0.2) is 76.6 Å². The van der Waals surface area contributed by atoms with E-state index >= 15 is 4.79 Å². The highest BCUT2D eigenvalue weighted by Crippen LogP contribution is 2.66. The van der Waals surface area contributed by atoms with Crippen molar-refractivity contribution < 1.29 is 52.8 Å². The van der Waals surface area contributed by atoms with Crippen LogP contribution in [0.15, 0.2) is 71.8 Å². The molecule has 12 heteroatoms. The number of amides is 1. The number of benzene rings is 2. The zero-order valence-corrected chi connectivity index (χ0v) is 35.5. The van der Waals surface area contributed by atoms with Gasteiger partial charge in [-0.2, -0.15) is 0 Å². The van der Waals surface area contributed by atoms with Gasteiger partial charge in [-0.25, -0.2) is 9.59 Å². The van der Waals surface area contributed by atoms with Crippen molar-refractivity contribution in [3.8, 4) is 0 Å². The van der Waals surface area contributed by atoms with Crippen molar-refractivity contribution in [2.24, 2.45) is 34.5 Å². The monoisotopic (exact) mass is 801 g/mol. The molecule has 2 aromatic carbocycles. The molecule has 1 saturated heterocycles. The van der Waals surface area contributed by atoms with Crippen LogP contribution in [0.3, 0.4) is 0 Å². The average Bonchev–Trinajstić information content (AvgIpc) is 3.14. The van der Waals surface area contributed by atoms with E-state index in [0.29, 0.717) is 23.1 Å². The molecule has 2 N–H and O–H groups in total. The predicted molar refractivity (Wildman–Crippen MR) is 213 cm³/mol. The van der Waals surface area contributed by atoms with Crippen molar-refractivity contribution in [3.63, 3.8) is 0 Å². The van der Waals surface area contributed by atoms with E-state index in [1.165, 1.54) is 6.92 Å². The molecule has 2 bridgehead atoms. The van der Waals surface area contributed by atoms with E-state index in [0.717, 1.165) is 0 Å². The van der Waals surface area contributed by atoms with Crippen LogP contribution in [0.2, 0.25) is 0 Å². The van der Waals surface area contributed by atoms with Gasteiger partial charge in [-0.05, 0) is 75.8 Å². The molecule has 1 amide bonds. The second-order valence-electron chi connectivity index (χ2n) is 18.6. The number of esters is 3. The molecule has 12 nitrogen and oxygen atoms in total.